The maximum absolute atomic E-state index is 13.3. The van der Waals surface area contributed by atoms with Gasteiger partial charge < -0.3 is 4.90 Å². The average Bonchev–Trinajstić information content (AvgIpc) is 1.93. The van der Waals surface area contributed by atoms with Crippen molar-refractivity contribution in [3.05, 3.63) is 0 Å². The summed E-state index contributed by atoms with van der Waals surface area (Å²) in [6.45, 7) is 1.08. The Kier molecular flexibility index (Phi) is 4.02. The van der Waals surface area contributed by atoms with Crippen molar-refractivity contribution in [1.82, 2.24) is 9.99 Å². The lowest BCUT2D eigenvalue weighted by Gasteiger charge is -2.32. The van der Waals surface area contributed by atoms with E-state index in [1.807, 2.05) is 11.9 Å². The van der Waals surface area contributed by atoms with Gasteiger partial charge in [-0.25, -0.2) is 9.48 Å². The van der Waals surface area contributed by atoms with Gasteiger partial charge in [-0.15, -0.1) is 0 Å². The van der Waals surface area contributed by atoms with E-state index in [-0.39, 0.29) is 0 Å². The fourth-order valence-corrected chi connectivity index (χ4v) is 2.82. The molecule has 0 bridgehead atoms. The number of rotatable bonds is 2. The molecule has 0 aromatic carbocycles. The molecule has 13 heavy (non-hydrogen) atoms. The van der Waals surface area contributed by atoms with Crippen molar-refractivity contribution in [3.63, 3.8) is 0 Å². The number of halogens is 3. The minimum atomic E-state index is -3.36. The first-order chi connectivity index (χ1) is 5.88. The van der Waals surface area contributed by atoms with Gasteiger partial charge in [0.2, 0.25) is 0 Å². The zero-order valence-electron chi connectivity index (χ0n) is 7.21. The molecule has 0 radical (unpaired) electrons. The van der Waals surface area contributed by atoms with Crippen LogP contribution in [-0.4, -0.2) is 37.3 Å². The molecule has 2 atom stereocenters. The molecule has 1 fully saturated rings. The lowest BCUT2D eigenvalue weighted by Crippen LogP contribution is -2.47. The first-order valence-corrected chi connectivity index (χ1v) is 7.50. The van der Waals surface area contributed by atoms with E-state index in [2.05, 4.69) is 5.09 Å². The van der Waals surface area contributed by atoms with Crippen molar-refractivity contribution >= 4 is 28.5 Å². The zero-order valence-corrected chi connectivity index (χ0v) is 9.62. The van der Waals surface area contributed by atoms with Crippen LogP contribution in [0, 0.1) is 0 Å². The van der Waals surface area contributed by atoms with Crippen LogP contribution >= 0.6 is 28.5 Å². The first-order valence-electron chi connectivity index (χ1n) is 3.98. The number of piperidine rings is 1. The number of nitrogens with zero attached hydrogens (tertiary/aromatic N) is 1. The van der Waals surface area contributed by atoms with E-state index >= 15 is 0 Å². The lowest BCUT2D eigenvalue weighted by atomic mass is 10.1. The maximum Gasteiger partial charge on any atom is 0.319 e. The fraction of sp³-hybridized carbons (Fsp3) is 1.00. The van der Waals surface area contributed by atoms with Gasteiger partial charge in [-0.05, 0) is 42.5 Å². The monoisotopic (exact) mass is 248 g/mol. The molecule has 0 unspecified atom stereocenters. The molecule has 0 aromatic heterocycles. The summed E-state index contributed by atoms with van der Waals surface area (Å²) < 4.78 is 24.2. The van der Waals surface area contributed by atoms with E-state index in [0.717, 1.165) is 6.54 Å². The molecule has 0 saturated carbocycles. The molecule has 1 aliphatic rings. The average molecular weight is 249 g/mol. The molecule has 1 aliphatic heterocycles. The third kappa shape index (κ3) is 4.13. The number of alkyl halides is 1. The van der Waals surface area contributed by atoms with Gasteiger partial charge in [0.25, 0.3) is 0 Å². The van der Waals surface area contributed by atoms with Gasteiger partial charge >= 0.3 is 6.00 Å². The highest BCUT2D eigenvalue weighted by Gasteiger charge is 2.31. The predicted molar refractivity (Wildman–Crippen MR) is 53.2 cm³/mol. The molecule has 1 saturated heterocycles. The van der Waals surface area contributed by atoms with Gasteiger partial charge in [0, 0.05) is 12.6 Å². The third-order valence-electron chi connectivity index (χ3n) is 2.06. The van der Waals surface area contributed by atoms with Crippen molar-refractivity contribution in [2.75, 3.05) is 20.1 Å². The molecule has 1 N–H and O–H groups in total. The topological polar surface area (TPSA) is 32.3 Å². The summed E-state index contributed by atoms with van der Waals surface area (Å²) in [4.78, 5) is 1.87. The van der Waals surface area contributed by atoms with E-state index in [1.54, 1.807) is 0 Å². The predicted octanol–water partition coefficient (Wildman–Crippen LogP) is 2.20. The summed E-state index contributed by atoms with van der Waals surface area (Å²) in [6, 6.07) is -0.489. The summed E-state index contributed by atoms with van der Waals surface area (Å²) in [6.07, 6.45) is -0.495. The summed E-state index contributed by atoms with van der Waals surface area (Å²) in [5.74, 6) is -3.36. The van der Waals surface area contributed by atoms with Crippen LogP contribution in [0.4, 0.5) is 4.39 Å². The zero-order chi connectivity index (χ0) is 10.1. The van der Waals surface area contributed by atoms with Gasteiger partial charge in [-0.1, -0.05) is 0 Å². The molecule has 7 heteroatoms. The quantitative estimate of drug-likeness (QED) is 0.761. The molecular weight excluding hydrogens is 237 g/mol. The minimum Gasteiger partial charge on any atom is -0.303 e. The Morgan fingerprint density at radius 1 is 1.62 bits per heavy atom. The Balaban J connectivity index is 2.47. The summed E-state index contributed by atoms with van der Waals surface area (Å²) in [7, 11) is 1.84. The summed E-state index contributed by atoms with van der Waals surface area (Å²) >= 11 is 10.6. The highest BCUT2D eigenvalue weighted by Crippen LogP contribution is 2.53. The maximum atomic E-state index is 13.3. The first kappa shape index (κ1) is 11.7. The largest absolute Gasteiger partial charge is 0.319 e. The van der Waals surface area contributed by atoms with Crippen molar-refractivity contribution < 1.29 is 8.96 Å². The molecule has 1 rings (SSSR count). The van der Waals surface area contributed by atoms with Crippen LogP contribution in [0.25, 0.3) is 0 Å². The van der Waals surface area contributed by atoms with Gasteiger partial charge in [0.1, 0.15) is 6.17 Å². The van der Waals surface area contributed by atoms with E-state index < -0.39 is 18.2 Å². The molecule has 78 valence electrons. The smallest absolute Gasteiger partial charge is 0.303 e. The fourth-order valence-electron chi connectivity index (χ4n) is 1.40. The summed E-state index contributed by atoms with van der Waals surface area (Å²) in [5.41, 5.74) is 0. The van der Waals surface area contributed by atoms with Crippen LogP contribution in [0.15, 0.2) is 0 Å². The highest BCUT2D eigenvalue weighted by atomic mass is 35.9. The van der Waals surface area contributed by atoms with E-state index in [9.17, 15) is 8.96 Å². The second kappa shape index (κ2) is 4.45. The Morgan fingerprint density at radius 2 is 2.23 bits per heavy atom. The van der Waals surface area contributed by atoms with Gasteiger partial charge in [0.05, 0.1) is 0 Å². The normalized spacial score (nSPS) is 32.0. The second-order valence-corrected chi connectivity index (χ2v) is 7.82. The van der Waals surface area contributed by atoms with Gasteiger partial charge in [0.15, 0.2) is 0 Å². The molecule has 1 heterocycles. The Bertz CT molecular complexity index is 225. The minimum absolute atomic E-state index is 0.325. The number of likely N-dealkylation sites (tertiary alicyclic amines) is 1. The number of hydrogen-bond acceptors (Lipinski definition) is 2. The molecule has 3 nitrogen and oxygen atoms in total. The second-order valence-electron chi connectivity index (χ2n) is 3.26. The number of hydrogen-bond donors (Lipinski definition) is 1. The van der Waals surface area contributed by atoms with E-state index in [1.165, 1.54) is 0 Å². The van der Waals surface area contributed by atoms with Crippen LogP contribution in [0.2, 0.25) is 0 Å². The SMILES string of the molecule is CN1CC[C@@H](NP(=O)(Cl)Cl)[C@@H](F)C1. The Morgan fingerprint density at radius 3 is 2.69 bits per heavy atom. The standard InChI is InChI=1S/C6H12Cl2FN2OP/c1-11-3-2-6(5(9)4-11)10-13(7,8)12/h5-6H,2-4H2,1H3,(H,10,12)/t5-,6+/m0/s1. The molecule has 0 spiro atoms. The van der Waals surface area contributed by atoms with Gasteiger partial charge in [-0.2, -0.15) is 0 Å². The van der Waals surface area contributed by atoms with Crippen molar-refractivity contribution in [2.45, 2.75) is 18.6 Å². The van der Waals surface area contributed by atoms with Gasteiger partial charge in [-0.3, -0.25) is 4.57 Å². The third-order valence-corrected chi connectivity index (χ3v) is 3.28. The van der Waals surface area contributed by atoms with Crippen LogP contribution in [0.1, 0.15) is 6.42 Å². The molecule has 0 aromatic rings. The lowest BCUT2D eigenvalue weighted by molar-refractivity contribution is 0.134. The Labute approximate surface area is 86.6 Å². The molecular formula is C6H12Cl2FN2OP. The van der Waals surface area contributed by atoms with Crippen molar-refractivity contribution in [1.29, 1.82) is 0 Å². The Hall–Kier alpha value is 0.660. The van der Waals surface area contributed by atoms with Crippen molar-refractivity contribution in [2.24, 2.45) is 0 Å². The number of nitrogens with one attached hydrogen (secondary N) is 1. The molecule has 0 amide bonds. The van der Waals surface area contributed by atoms with E-state index in [0.29, 0.717) is 13.0 Å². The van der Waals surface area contributed by atoms with Crippen LogP contribution in [0.3, 0.4) is 0 Å². The van der Waals surface area contributed by atoms with Crippen molar-refractivity contribution in [3.8, 4) is 0 Å². The highest BCUT2D eigenvalue weighted by molar-refractivity contribution is 8.07. The molecule has 0 aliphatic carbocycles. The van der Waals surface area contributed by atoms with Crippen LogP contribution in [0.5, 0.6) is 0 Å². The van der Waals surface area contributed by atoms with Crippen LogP contribution < -0.4 is 5.09 Å². The van der Waals surface area contributed by atoms with E-state index in [4.69, 9.17) is 22.5 Å². The summed E-state index contributed by atoms with van der Waals surface area (Å²) in [5, 5.41) is 2.41. The van der Waals surface area contributed by atoms with Crippen LogP contribution in [-0.2, 0) is 4.57 Å².